The van der Waals surface area contributed by atoms with Crippen molar-refractivity contribution in [2.45, 2.75) is 20.1 Å². The summed E-state index contributed by atoms with van der Waals surface area (Å²) in [7, 11) is -4.84. The fraction of sp³-hybridized carbons (Fsp3) is 0.143. The molecule has 0 saturated heterocycles. The van der Waals surface area contributed by atoms with Crippen LogP contribution in [0.3, 0.4) is 0 Å². The fourth-order valence-corrected chi connectivity index (χ4v) is 3.40. The van der Waals surface area contributed by atoms with E-state index in [1.165, 1.54) is 43.3 Å². The van der Waals surface area contributed by atoms with Crippen molar-refractivity contribution >= 4 is 78.5 Å². The molecule has 15 heteroatoms. The Hall–Kier alpha value is -1.57. The minimum atomic E-state index is -4.84. The first-order chi connectivity index (χ1) is 16.0. The maximum absolute atomic E-state index is 15.3. The van der Waals surface area contributed by atoms with Gasteiger partial charge in [-0.1, -0.05) is 17.7 Å². The average molecular weight is 553 g/mol. The monoisotopic (exact) mass is 552 g/mol. The van der Waals surface area contributed by atoms with Crippen LogP contribution in [0.15, 0.2) is 41.2 Å². The van der Waals surface area contributed by atoms with Crippen molar-refractivity contribution in [3.63, 3.8) is 0 Å². The van der Waals surface area contributed by atoms with E-state index < -0.39 is 25.9 Å². The molecular weight excluding hydrogens is 536 g/mol. The Morgan fingerprint density at radius 1 is 1.14 bits per heavy atom. The molecule has 0 aliphatic rings. The molecule has 1 aromatic heterocycles. The summed E-state index contributed by atoms with van der Waals surface area (Å²) in [5.74, 6) is -1.14. The number of aryl methyl sites for hydroxylation is 1. The fourth-order valence-electron chi connectivity index (χ4n) is 2.95. The molecule has 0 aliphatic carbocycles. The van der Waals surface area contributed by atoms with Crippen molar-refractivity contribution in [1.82, 2.24) is 9.78 Å². The Balaban J connectivity index is 0.00000324. The van der Waals surface area contributed by atoms with E-state index in [1.54, 1.807) is 0 Å². The molecule has 36 heavy (non-hydrogen) atoms. The molecule has 0 fully saturated rings. The van der Waals surface area contributed by atoms with E-state index in [-0.39, 0.29) is 110 Å². The second-order valence-electron chi connectivity index (χ2n) is 6.97. The molecule has 0 bridgehead atoms. The maximum atomic E-state index is 15.3. The Bertz CT molecular complexity index is 1440. The zero-order chi connectivity index (χ0) is 25.0. The molecule has 0 atom stereocenters. The van der Waals surface area contributed by atoms with Crippen molar-refractivity contribution in [1.29, 1.82) is 10.5 Å². The molecule has 2 aromatic carbocycles. The van der Waals surface area contributed by atoms with Gasteiger partial charge in [0.05, 0.1) is 34.0 Å². The van der Waals surface area contributed by atoms with E-state index in [4.69, 9.17) is 36.6 Å². The van der Waals surface area contributed by atoms with E-state index in [2.05, 4.69) is 9.62 Å². The number of benzene rings is 2. The predicted molar refractivity (Wildman–Crippen MR) is 131 cm³/mol. The Morgan fingerprint density at radius 2 is 1.75 bits per heavy atom. The Kier molecular flexibility index (Phi) is 12.5. The van der Waals surface area contributed by atoms with E-state index in [0.29, 0.717) is 4.68 Å². The third-order valence-corrected chi connectivity index (χ3v) is 5.19. The van der Waals surface area contributed by atoms with E-state index in [9.17, 15) is 9.36 Å². The number of nitrogens with zero attached hydrogens (tertiary/aromatic N) is 4. The number of ether oxygens (including phenoxy) is 1. The summed E-state index contributed by atoms with van der Waals surface area (Å²) in [4.78, 5) is 29.9. The number of phosphoric acid groups is 1. The van der Waals surface area contributed by atoms with Crippen LogP contribution in [-0.2, 0) is 22.2 Å². The van der Waals surface area contributed by atoms with Crippen LogP contribution in [0.2, 0.25) is 5.02 Å². The molecule has 178 valence electrons. The first kappa shape index (κ1) is 32.5. The number of halogens is 2. The summed E-state index contributed by atoms with van der Waals surface area (Å²) < 4.78 is 36.8. The van der Waals surface area contributed by atoms with Crippen molar-refractivity contribution in [2.75, 3.05) is 0 Å². The van der Waals surface area contributed by atoms with Gasteiger partial charge >= 0.3 is 66.9 Å². The molecule has 0 saturated carbocycles. The summed E-state index contributed by atoms with van der Waals surface area (Å²) in [6.45, 7) is 0.662. The molecule has 3 rings (SSSR count). The van der Waals surface area contributed by atoms with Crippen LogP contribution < -0.4 is 10.3 Å². The number of hydrogen-bond acceptors (Lipinski definition) is 7. The third kappa shape index (κ3) is 8.49. The van der Waals surface area contributed by atoms with Crippen molar-refractivity contribution < 1.29 is 28.0 Å². The van der Waals surface area contributed by atoms with Gasteiger partial charge in [-0.15, -0.1) is 0 Å². The second kappa shape index (κ2) is 13.8. The quantitative estimate of drug-likeness (QED) is 0.331. The Labute approximate surface area is 254 Å². The summed E-state index contributed by atoms with van der Waals surface area (Å²) in [6.07, 6.45) is -0.127. The van der Waals surface area contributed by atoms with Gasteiger partial charge in [-0.3, -0.25) is 9.32 Å². The van der Waals surface area contributed by atoms with Crippen LogP contribution in [0.1, 0.15) is 27.9 Å². The summed E-state index contributed by atoms with van der Waals surface area (Å²) in [5.41, 5.74) is 0.134. The number of aromatic nitrogens is 2. The van der Waals surface area contributed by atoms with Gasteiger partial charge in [0.25, 0.3) is 5.56 Å². The molecule has 2 N–H and O–H groups in total. The van der Waals surface area contributed by atoms with Crippen LogP contribution >= 0.6 is 19.4 Å². The van der Waals surface area contributed by atoms with E-state index in [1.807, 2.05) is 12.1 Å². The molecule has 0 aliphatic heterocycles. The topological polar surface area (TPSA) is 158 Å². The third-order valence-electron chi connectivity index (χ3n) is 4.44. The molecule has 10 nitrogen and oxygen atoms in total. The molecule has 0 radical (unpaired) electrons. The van der Waals surface area contributed by atoms with Gasteiger partial charge in [-0.2, -0.15) is 15.6 Å². The van der Waals surface area contributed by atoms with Crippen LogP contribution in [-0.4, -0.2) is 78.7 Å². The summed E-state index contributed by atoms with van der Waals surface area (Å²) in [5, 5.41) is 22.1. The molecule has 3 aromatic rings. The first-order valence-electron chi connectivity index (χ1n) is 9.38. The normalized spacial score (nSPS) is 10.4. The van der Waals surface area contributed by atoms with Gasteiger partial charge < -0.3 is 14.5 Å². The van der Waals surface area contributed by atoms with Gasteiger partial charge in [-0.25, -0.2) is 13.6 Å². The second-order valence-corrected chi connectivity index (χ2v) is 8.62. The van der Waals surface area contributed by atoms with Crippen LogP contribution in [0.25, 0.3) is 0 Å². The van der Waals surface area contributed by atoms with Gasteiger partial charge in [0, 0.05) is 12.0 Å². The molecule has 0 spiro atoms. The molecule has 0 unspecified atom stereocenters. The standard InChI is InChI=1S/C21H15ClFN4O6P.2Na.2H/c1-12-4-16(26-27(21(12)28)11-32-34(29,30)31)8-15-2-3-18(22)20(19(15)23)33-17-6-13(9-24)5-14(7-17)10-25;;;;/h2-7H,8,11H2,1H3,(H2,29,30,31);;;;. The van der Waals surface area contributed by atoms with Crippen LogP contribution in [0.4, 0.5) is 4.39 Å². The van der Waals surface area contributed by atoms with Gasteiger partial charge in [0.15, 0.2) is 18.3 Å². The Morgan fingerprint density at radius 3 is 2.31 bits per heavy atom. The summed E-state index contributed by atoms with van der Waals surface area (Å²) in [6, 6.07) is 11.9. The first-order valence-corrected chi connectivity index (χ1v) is 11.3. The number of rotatable bonds is 7. The average Bonchev–Trinajstić information content (AvgIpc) is 2.79. The zero-order valence-electron chi connectivity index (χ0n) is 17.4. The van der Waals surface area contributed by atoms with E-state index in [0.717, 1.165) is 0 Å². The van der Waals surface area contributed by atoms with Crippen molar-refractivity contribution in [2.24, 2.45) is 0 Å². The molecule has 1 heterocycles. The van der Waals surface area contributed by atoms with E-state index >= 15 is 4.39 Å². The summed E-state index contributed by atoms with van der Waals surface area (Å²) >= 11 is 6.11. The zero-order valence-corrected chi connectivity index (χ0v) is 19.0. The number of phosphoric ester groups is 1. The number of nitriles is 2. The van der Waals surface area contributed by atoms with Crippen LogP contribution in [0, 0.1) is 35.4 Å². The van der Waals surface area contributed by atoms with Gasteiger partial charge in [-0.05, 0) is 42.8 Å². The van der Waals surface area contributed by atoms with Crippen molar-refractivity contribution in [3.8, 4) is 23.6 Å². The van der Waals surface area contributed by atoms with Gasteiger partial charge in [0.2, 0.25) is 0 Å². The number of hydrogen-bond donors (Lipinski definition) is 2. The minimum absolute atomic E-state index is 0. The molecular formula is C21H17ClFN4Na2O6P. The SMILES string of the molecule is Cc1cc(Cc2ccc(Cl)c(Oc3cc(C#N)cc(C#N)c3)c2F)nn(COP(=O)(O)O)c1=O.[NaH].[NaH]. The predicted octanol–water partition coefficient (Wildman–Crippen LogP) is 2.24. The van der Waals surface area contributed by atoms with Gasteiger partial charge in [0.1, 0.15) is 5.75 Å². The van der Waals surface area contributed by atoms with Crippen LogP contribution in [0.5, 0.6) is 11.5 Å². The molecule has 0 amide bonds. The van der Waals surface area contributed by atoms with Crippen molar-refractivity contribution in [3.05, 3.63) is 85.5 Å².